The summed E-state index contributed by atoms with van der Waals surface area (Å²) < 4.78 is 6.24. The van der Waals surface area contributed by atoms with Crippen LogP contribution < -0.4 is 21.4 Å². The molecule has 1 amide bonds. The molecule has 0 aliphatic carbocycles. The molecule has 0 aliphatic heterocycles. The van der Waals surface area contributed by atoms with Crippen molar-refractivity contribution >= 4 is 12.1 Å². The fourth-order valence-corrected chi connectivity index (χ4v) is 2.48. The Balaban J connectivity index is 1.90. The Labute approximate surface area is 164 Å². The number of hydrogen-bond donors (Lipinski definition) is 3. The Morgan fingerprint density at radius 1 is 1.24 bits per heavy atom. The van der Waals surface area contributed by atoms with Crippen LogP contribution in [0.2, 0.25) is 0 Å². The van der Waals surface area contributed by atoms with Gasteiger partial charge in [-0.15, -0.1) is 0 Å². The number of nitrogens with zero attached hydrogens (tertiary/aromatic N) is 3. The lowest BCUT2D eigenvalue weighted by molar-refractivity contribution is 0.0955. The standard InChI is InChI=1S/C19H17N5O5/c1-2-29-14-5-3-13(4-6-14)24-18(27)15(17(26)22-19(24)28)11-21-23-16(25)12-7-9-20-10-8-12/h3-11,27H,2H2,1H3,(H,23,25)(H,22,26,28)/b21-11+. The fourth-order valence-electron chi connectivity index (χ4n) is 2.48. The van der Waals surface area contributed by atoms with Crippen LogP contribution in [0.15, 0.2) is 63.5 Å². The molecule has 1 aromatic carbocycles. The SMILES string of the molecule is CCOc1ccc(-n2c(O)c(/C=N/NC(=O)c3ccncc3)c(=O)[nH]c2=O)cc1. The van der Waals surface area contributed by atoms with E-state index in [1.807, 2.05) is 6.92 Å². The minimum atomic E-state index is -0.850. The van der Waals surface area contributed by atoms with Crippen LogP contribution in [0.1, 0.15) is 22.8 Å². The number of hydrazone groups is 1. The topological polar surface area (TPSA) is 139 Å². The maximum Gasteiger partial charge on any atom is 0.335 e. The zero-order valence-corrected chi connectivity index (χ0v) is 15.3. The van der Waals surface area contributed by atoms with E-state index < -0.39 is 23.0 Å². The number of carbonyl (C=O) groups excluding carboxylic acids is 1. The first-order valence-corrected chi connectivity index (χ1v) is 8.56. The van der Waals surface area contributed by atoms with Crippen molar-refractivity contribution in [2.45, 2.75) is 6.92 Å². The lowest BCUT2D eigenvalue weighted by Crippen LogP contribution is -2.31. The van der Waals surface area contributed by atoms with E-state index in [1.165, 1.54) is 24.5 Å². The van der Waals surface area contributed by atoms with Crippen molar-refractivity contribution < 1.29 is 14.6 Å². The number of rotatable bonds is 6. The highest BCUT2D eigenvalue weighted by Crippen LogP contribution is 2.18. The van der Waals surface area contributed by atoms with Gasteiger partial charge >= 0.3 is 5.69 Å². The van der Waals surface area contributed by atoms with Gasteiger partial charge in [-0.2, -0.15) is 5.10 Å². The highest BCUT2D eigenvalue weighted by atomic mass is 16.5. The summed E-state index contributed by atoms with van der Waals surface area (Å²) in [6.45, 7) is 2.32. The molecule has 3 rings (SSSR count). The number of pyridine rings is 1. The first-order valence-electron chi connectivity index (χ1n) is 8.56. The Hall–Kier alpha value is -4.21. The van der Waals surface area contributed by atoms with Gasteiger partial charge in [-0.3, -0.25) is 19.6 Å². The quantitative estimate of drug-likeness (QED) is 0.417. The Kier molecular flexibility index (Phi) is 5.83. The third kappa shape index (κ3) is 4.38. The van der Waals surface area contributed by atoms with Crippen molar-refractivity contribution in [1.82, 2.24) is 20.0 Å². The largest absolute Gasteiger partial charge is 0.494 e. The number of H-pyrrole nitrogens is 1. The number of amides is 1. The molecule has 10 heteroatoms. The second-order valence-electron chi connectivity index (χ2n) is 5.69. The third-order valence-electron chi connectivity index (χ3n) is 3.83. The van der Waals surface area contributed by atoms with Crippen molar-refractivity contribution in [3.05, 3.63) is 80.8 Å². The average molecular weight is 395 g/mol. The van der Waals surface area contributed by atoms with Crippen LogP contribution in [0, 0.1) is 0 Å². The van der Waals surface area contributed by atoms with Crippen LogP contribution in [-0.2, 0) is 0 Å². The molecular formula is C19H17N5O5. The monoisotopic (exact) mass is 395 g/mol. The van der Waals surface area contributed by atoms with E-state index in [4.69, 9.17) is 4.74 Å². The molecule has 0 atom stereocenters. The predicted molar refractivity (Wildman–Crippen MR) is 105 cm³/mol. The zero-order chi connectivity index (χ0) is 20.8. The fraction of sp³-hybridized carbons (Fsp3) is 0.105. The molecule has 2 heterocycles. The summed E-state index contributed by atoms with van der Waals surface area (Å²) in [5.41, 5.74) is 0.882. The van der Waals surface area contributed by atoms with Gasteiger partial charge < -0.3 is 9.84 Å². The van der Waals surface area contributed by atoms with E-state index in [1.54, 1.807) is 24.3 Å². The van der Waals surface area contributed by atoms with E-state index in [2.05, 4.69) is 20.5 Å². The maximum atomic E-state index is 12.2. The zero-order valence-electron chi connectivity index (χ0n) is 15.3. The van der Waals surface area contributed by atoms with Crippen LogP contribution in [0.3, 0.4) is 0 Å². The maximum absolute atomic E-state index is 12.2. The molecule has 10 nitrogen and oxygen atoms in total. The van der Waals surface area contributed by atoms with Crippen molar-refractivity contribution in [2.24, 2.45) is 5.10 Å². The molecule has 0 unspecified atom stereocenters. The first-order chi connectivity index (χ1) is 14.0. The lowest BCUT2D eigenvalue weighted by Gasteiger charge is -2.10. The highest BCUT2D eigenvalue weighted by Gasteiger charge is 2.14. The highest BCUT2D eigenvalue weighted by molar-refractivity contribution is 5.94. The summed E-state index contributed by atoms with van der Waals surface area (Å²) in [5.74, 6) is -0.557. The molecule has 3 N–H and O–H groups in total. The molecule has 0 saturated carbocycles. The second kappa shape index (κ2) is 8.65. The van der Waals surface area contributed by atoms with Gasteiger partial charge in [0.2, 0.25) is 5.88 Å². The number of aromatic amines is 1. The molecule has 148 valence electrons. The van der Waals surface area contributed by atoms with E-state index in [0.717, 1.165) is 10.8 Å². The third-order valence-corrected chi connectivity index (χ3v) is 3.83. The molecule has 3 aromatic rings. The van der Waals surface area contributed by atoms with E-state index in [9.17, 15) is 19.5 Å². The molecule has 0 bridgehead atoms. The number of ether oxygens (including phenoxy) is 1. The van der Waals surface area contributed by atoms with Crippen molar-refractivity contribution in [3.8, 4) is 17.3 Å². The second-order valence-corrected chi connectivity index (χ2v) is 5.69. The molecule has 0 saturated heterocycles. The average Bonchev–Trinajstić information content (AvgIpc) is 2.72. The summed E-state index contributed by atoms with van der Waals surface area (Å²) >= 11 is 0. The van der Waals surface area contributed by atoms with E-state index in [-0.39, 0.29) is 5.56 Å². The smallest absolute Gasteiger partial charge is 0.335 e. The van der Waals surface area contributed by atoms with Crippen LogP contribution in [-0.4, -0.2) is 38.4 Å². The summed E-state index contributed by atoms with van der Waals surface area (Å²) in [4.78, 5) is 42.1. The van der Waals surface area contributed by atoms with E-state index >= 15 is 0 Å². The van der Waals surface area contributed by atoms with Crippen LogP contribution in [0.4, 0.5) is 0 Å². The van der Waals surface area contributed by atoms with Crippen molar-refractivity contribution in [3.63, 3.8) is 0 Å². The van der Waals surface area contributed by atoms with Crippen LogP contribution in [0.25, 0.3) is 5.69 Å². The minimum absolute atomic E-state index is 0.298. The van der Waals surface area contributed by atoms with E-state index in [0.29, 0.717) is 23.6 Å². The van der Waals surface area contributed by atoms with Gasteiger partial charge in [-0.25, -0.2) is 14.8 Å². The number of aromatic nitrogens is 3. The van der Waals surface area contributed by atoms with Crippen LogP contribution >= 0.6 is 0 Å². The first kappa shape index (κ1) is 19.5. The molecule has 0 fully saturated rings. The Bertz CT molecular complexity index is 1150. The Morgan fingerprint density at radius 2 is 1.93 bits per heavy atom. The molecule has 29 heavy (non-hydrogen) atoms. The molecular weight excluding hydrogens is 378 g/mol. The number of nitrogens with one attached hydrogen (secondary N) is 2. The molecule has 0 spiro atoms. The summed E-state index contributed by atoms with van der Waals surface area (Å²) in [5, 5.41) is 14.1. The number of carbonyl (C=O) groups is 1. The molecule has 0 aliphatic rings. The van der Waals surface area contributed by atoms with Gasteiger partial charge in [0.05, 0.1) is 18.5 Å². The van der Waals surface area contributed by atoms with Gasteiger partial charge in [-0.05, 0) is 43.3 Å². The van der Waals surface area contributed by atoms with Gasteiger partial charge in [-0.1, -0.05) is 0 Å². The van der Waals surface area contributed by atoms with Gasteiger partial charge in [0.1, 0.15) is 11.3 Å². The van der Waals surface area contributed by atoms with Gasteiger partial charge in [0, 0.05) is 18.0 Å². The Morgan fingerprint density at radius 3 is 2.59 bits per heavy atom. The van der Waals surface area contributed by atoms with Gasteiger partial charge in [0.25, 0.3) is 11.5 Å². The van der Waals surface area contributed by atoms with Crippen molar-refractivity contribution in [2.75, 3.05) is 6.61 Å². The molecule has 0 radical (unpaired) electrons. The summed E-state index contributed by atoms with van der Waals surface area (Å²) in [6.07, 6.45) is 3.85. The summed E-state index contributed by atoms with van der Waals surface area (Å²) in [7, 11) is 0. The summed E-state index contributed by atoms with van der Waals surface area (Å²) in [6, 6.07) is 9.33. The number of aromatic hydroxyl groups is 1. The lowest BCUT2D eigenvalue weighted by atomic mass is 10.2. The van der Waals surface area contributed by atoms with Gasteiger partial charge in [0.15, 0.2) is 0 Å². The van der Waals surface area contributed by atoms with Crippen molar-refractivity contribution in [1.29, 1.82) is 0 Å². The normalized spacial score (nSPS) is 10.8. The number of hydrogen-bond acceptors (Lipinski definition) is 7. The minimum Gasteiger partial charge on any atom is -0.494 e. The predicted octanol–water partition coefficient (Wildman–Crippen LogP) is 0.789. The number of benzene rings is 1. The van der Waals surface area contributed by atoms with Crippen LogP contribution in [0.5, 0.6) is 11.6 Å². The molecule has 2 aromatic heterocycles.